The summed E-state index contributed by atoms with van der Waals surface area (Å²) in [6.45, 7) is 0.305. The first kappa shape index (κ1) is 20.1. The minimum absolute atomic E-state index is 0.268. The van der Waals surface area contributed by atoms with Gasteiger partial charge in [-0.2, -0.15) is 0 Å². The SMILES string of the molecule is NC(=O)NCc1ccc(C(=O)Nc2ncc(Cc3cc(Cl)ccc3Cl)s2)cc1. The standard InChI is InChI=1S/C19H16Cl2N4O2S/c20-14-5-6-16(21)13(7-14)8-15-10-24-19(28-15)25-17(26)12-3-1-11(2-4-12)9-23-18(22)27/h1-7,10H,8-9H2,(H3,22,23,27)(H,24,25,26). The number of primary amides is 1. The van der Waals surface area contributed by atoms with Gasteiger partial charge in [0.1, 0.15) is 0 Å². The molecule has 6 nitrogen and oxygen atoms in total. The molecule has 0 saturated heterocycles. The summed E-state index contributed by atoms with van der Waals surface area (Å²) in [5, 5.41) is 7.02. The number of rotatable bonds is 6. The zero-order chi connectivity index (χ0) is 20.1. The van der Waals surface area contributed by atoms with E-state index in [9.17, 15) is 9.59 Å². The topological polar surface area (TPSA) is 97.1 Å². The van der Waals surface area contributed by atoms with Crippen molar-refractivity contribution in [2.45, 2.75) is 13.0 Å². The fourth-order valence-corrected chi connectivity index (χ4v) is 3.66. The number of anilines is 1. The Bertz CT molecular complexity index is 1010. The second-order valence-electron chi connectivity index (χ2n) is 5.91. The van der Waals surface area contributed by atoms with Gasteiger partial charge >= 0.3 is 6.03 Å². The molecule has 9 heteroatoms. The summed E-state index contributed by atoms with van der Waals surface area (Å²) >= 11 is 13.6. The summed E-state index contributed by atoms with van der Waals surface area (Å²) in [6, 6.07) is 11.6. The molecule has 0 aliphatic rings. The van der Waals surface area contributed by atoms with Gasteiger partial charge in [0.05, 0.1) is 0 Å². The molecule has 0 spiro atoms. The third-order valence-electron chi connectivity index (χ3n) is 3.83. The highest BCUT2D eigenvalue weighted by molar-refractivity contribution is 7.15. The van der Waals surface area contributed by atoms with Crippen LogP contribution in [0.15, 0.2) is 48.7 Å². The Labute approximate surface area is 175 Å². The maximum atomic E-state index is 12.4. The van der Waals surface area contributed by atoms with Gasteiger partial charge < -0.3 is 11.1 Å². The first-order valence-corrected chi connectivity index (χ1v) is 9.80. The summed E-state index contributed by atoms with van der Waals surface area (Å²) in [5.74, 6) is -0.268. The van der Waals surface area contributed by atoms with E-state index < -0.39 is 6.03 Å². The van der Waals surface area contributed by atoms with E-state index in [0.29, 0.717) is 33.7 Å². The van der Waals surface area contributed by atoms with E-state index in [1.165, 1.54) is 11.3 Å². The van der Waals surface area contributed by atoms with Crippen LogP contribution in [0.3, 0.4) is 0 Å². The molecule has 1 heterocycles. The number of carbonyl (C=O) groups excluding carboxylic acids is 2. The number of hydrogen-bond acceptors (Lipinski definition) is 4. The Balaban J connectivity index is 1.62. The number of nitrogens with two attached hydrogens (primary N) is 1. The molecule has 0 fully saturated rings. The van der Waals surface area contributed by atoms with Gasteiger partial charge in [0.25, 0.3) is 5.91 Å². The van der Waals surface area contributed by atoms with Crippen molar-refractivity contribution in [2.75, 3.05) is 5.32 Å². The van der Waals surface area contributed by atoms with Gasteiger partial charge in [-0.05, 0) is 41.5 Å². The van der Waals surface area contributed by atoms with E-state index >= 15 is 0 Å². The fourth-order valence-electron chi connectivity index (χ4n) is 2.45. The third kappa shape index (κ3) is 5.45. The summed E-state index contributed by atoms with van der Waals surface area (Å²) in [4.78, 5) is 28.3. The number of benzene rings is 2. The quantitative estimate of drug-likeness (QED) is 0.533. The van der Waals surface area contributed by atoms with Crippen LogP contribution >= 0.6 is 34.5 Å². The van der Waals surface area contributed by atoms with Crippen LogP contribution in [-0.2, 0) is 13.0 Å². The molecule has 144 valence electrons. The number of urea groups is 1. The predicted octanol–water partition coefficient (Wildman–Crippen LogP) is 4.46. The monoisotopic (exact) mass is 434 g/mol. The van der Waals surface area contributed by atoms with Crippen molar-refractivity contribution in [3.63, 3.8) is 0 Å². The normalized spacial score (nSPS) is 10.5. The summed E-state index contributed by atoms with van der Waals surface area (Å²) < 4.78 is 0. The molecule has 0 atom stereocenters. The van der Waals surface area contributed by atoms with E-state index in [2.05, 4.69) is 15.6 Å². The zero-order valence-corrected chi connectivity index (χ0v) is 16.9. The molecule has 0 bridgehead atoms. The largest absolute Gasteiger partial charge is 0.352 e. The number of nitrogens with one attached hydrogen (secondary N) is 2. The van der Waals surface area contributed by atoms with Crippen molar-refractivity contribution in [3.8, 4) is 0 Å². The molecule has 0 unspecified atom stereocenters. The van der Waals surface area contributed by atoms with Crippen LogP contribution in [-0.4, -0.2) is 16.9 Å². The maximum absolute atomic E-state index is 12.4. The number of hydrogen-bond donors (Lipinski definition) is 3. The molecule has 28 heavy (non-hydrogen) atoms. The zero-order valence-electron chi connectivity index (χ0n) is 14.5. The maximum Gasteiger partial charge on any atom is 0.312 e. The van der Waals surface area contributed by atoms with Crippen molar-refractivity contribution < 1.29 is 9.59 Å². The number of amides is 3. The Morgan fingerprint density at radius 1 is 1.11 bits per heavy atom. The first-order valence-electron chi connectivity index (χ1n) is 8.23. The van der Waals surface area contributed by atoms with Crippen molar-refractivity contribution in [3.05, 3.63) is 80.3 Å². The number of nitrogens with zero attached hydrogens (tertiary/aromatic N) is 1. The third-order valence-corrected chi connectivity index (χ3v) is 5.35. The average Bonchev–Trinajstić information content (AvgIpc) is 3.10. The Kier molecular flexibility index (Phi) is 6.51. The minimum Gasteiger partial charge on any atom is -0.352 e. The Morgan fingerprint density at radius 2 is 1.86 bits per heavy atom. The van der Waals surface area contributed by atoms with Gasteiger partial charge in [-0.25, -0.2) is 9.78 Å². The minimum atomic E-state index is -0.597. The van der Waals surface area contributed by atoms with Crippen molar-refractivity contribution in [2.24, 2.45) is 5.73 Å². The highest BCUT2D eigenvalue weighted by Gasteiger charge is 2.11. The Hall–Kier alpha value is -2.61. The number of thiazole rings is 1. The van der Waals surface area contributed by atoms with E-state index in [1.54, 1.807) is 42.6 Å². The molecule has 0 radical (unpaired) electrons. The van der Waals surface area contributed by atoms with Crippen molar-refractivity contribution in [1.29, 1.82) is 0 Å². The lowest BCUT2D eigenvalue weighted by atomic mass is 10.1. The highest BCUT2D eigenvalue weighted by atomic mass is 35.5. The molecule has 3 rings (SSSR count). The molecular formula is C19H16Cl2N4O2S. The number of carbonyl (C=O) groups is 2. The van der Waals surface area contributed by atoms with E-state index in [-0.39, 0.29) is 5.91 Å². The molecule has 0 saturated carbocycles. The highest BCUT2D eigenvalue weighted by Crippen LogP contribution is 2.27. The molecular weight excluding hydrogens is 419 g/mol. The second-order valence-corrected chi connectivity index (χ2v) is 7.87. The molecule has 2 aromatic carbocycles. The van der Waals surface area contributed by atoms with Gasteiger partial charge in [-0.3, -0.25) is 10.1 Å². The summed E-state index contributed by atoms with van der Waals surface area (Å²) in [5.41, 5.74) is 7.26. The van der Waals surface area contributed by atoms with Crippen LogP contribution < -0.4 is 16.4 Å². The van der Waals surface area contributed by atoms with Gasteiger partial charge in [0, 0.05) is 39.6 Å². The van der Waals surface area contributed by atoms with Crippen LogP contribution in [0.4, 0.5) is 9.93 Å². The van der Waals surface area contributed by atoms with Gasteiger partial charge in [0.15, 0.2) is 5.13 Å². The van der Waals surface area contributed by atoms with Gasteiger partial charge in [0.2, 0.25) is 0 Å². The van der Waals surface area contributed by atoms with Crippen LogP contribution in [0.2, 0.25) is 10.0 Å². The fraction of sp³-hybridized carbons (Fsp3) is 0.105. The lowest BCUT2D eigenvalue weighted by Gasteiger charge is -2.05. The van der Waals surface area contributed by atoms with Crippen LogP contribution in [0, 0.1) is 0 Å². The molecule has 3 aromatic rings. The van der Waals surface area contributed by atoms with E-state index in [0.717, 1.165) is 16.0 Å². The van der Waals surface area contributed by atoms with Crippen molar-refractivity contribution >= 4 is 51.6 Å². The Morgan fingerprint density at radius 3 is 2.57 bits per heavy atom. The van der Waals surface area contributed by atoms with Crippen molar-refractivity contribution in [1.82, 2.24) is 10.3 Å². The summed E-state index contributed by atoms with van der Waals surface area (Å²) in [7, 11) is 0. The molecule has 0 aliphatic carbocycles. The van der Waals surface area contributed by atoms with E-state index in [4.69, 9.17) is 28.9 Å². The lowest BCUT2D eigenvalue weighted by Crippen LogP contribution is -2.28. The van der Waals surface area contributed by atoms with Gasteiger partial charge in [-0.15, -0.1) is 11.3 Å². The van der Waals surface area contributed by atoms with Crippen LogP contribution in [0.25, 0.3) is 0 Å². The second kappa shape index (κ2) is 9.05. The van der Waals surface area contributed by atoms with Crippen LogP contribution in [0.1, 0.15) is 26.4 Å². The predicted molar refractivity (Wildman–Crippen MR) is 112 cm³/mol. The first-order chi connectivity index (χ1) is 13.4. The number of aromatic nitrogens is 1. The summed E-state index contributed by atoms with van der Waals surface area (Å²) in [6.07, 6.45) is 2.28. The molecule has 0 aliphatic heterocycles. The smallest absolute Gasteiger partial charge is 0.312 e. The molecule has 4 N–H and O–H groups in total. The van der Waals surface area contributed by atoms with Crippen LogP contribution in [0.5, 0.6) is 0 Å². The number of halogens is 2. The molecule has 3 amide bonds. The van der Waals surface area contributed by atoms with Gasteiger partial charge in [-0.1, -0.05) is 35.3 Å². The van der Waals surface area contributed by atoms with E-state index in [1.807, 2.05) is 6.07 Å². The lowest BCUT2D eigenvalue weighted by molar-refractivity contribution is 0.102. The average molecular weight is 435 g/mol. The molecule has 1 aromatic heterocycles.